The average Bonchev–Trinajstić information content (AvgIpc) is 2.90. The van der Waals surface area contributed by atoms with Gasteiger partial charge in [0.15, 0.2) is 0 Å². The zero-order chi connectivity index (χ0) is 29.7. The van der Waals surface area contributed by atoms with Gasteiger partial charge in [-0.2, -0.15) is 0 Å². The van der Waals surface area contributed by atoms with Crippen LogP contribution in [0.1, 0.15) is 157 Å². The van der Waals surface area contributed by atoms with Crippen LogP contribution in [0.15, 0.2) is 48.6 Å². The van der Waals surface area contributed by atoms with Gasteiger partial charge in [-0.25, -0.2) is 0 Å². The first-order valence-corrected chi connectivity index (χ1v) is 17.1. The fourth-order valence-electron chi connectivity index (χ4n) is 5.00. The minimum absolute atomic E-state index is 0.0537. The summed E-state index contributed by atoms with van der Waals surface area (Å²) in [6.45, 7) is 14.6. The highest BCUT2D eigenvalue weighted by molar-refractivity contribution is 5.69. The molecule has 3 atom stereocenters. The van der Waals surface area contributed by atoms with Crippen LogP contribution in [-0.4, -0.2) is 12.6 Å². The molecule has 2 heteroatoms. The Morgan fingerprint density at radius 1 is 0.550 bits per heavy atom. The van der Waals surface area contributed by atoms with Gasteiger partial charge in [0.1, 0.15) is 0 Å². The van der Waals surface area contributed by atoms with Gasteiger partial charge in [0.25, 0.3) is 0 Å². The number of allylic oxidation sites excluding steroid dienone is 8. The Kier molecular flexibility index (Phi) is 27.8. The Morgan fingerprint density at radius 2 is 0.975 bits per heavy atom. The summed E-state index contributed by atoms with van der Waals surface area (Å²) in [5.41, 5.74) is 0. The molecule has 3 unspecified atom stereocenters. The summed E-state index contributed by atoms with van der Waals surface area (Å²) in [5.74, 6) is 3.15. The third-order valence-corrected chi connectivity index (χ3v) is 7.83. The second-order valence-electron chi connectivity index (χ2n) is 12.7. The maximum Gasteiger partial charge on any atom is 0.306 e. The van der Waals surface area contributed by atoms with E-state index in [1.54, 1.807) is 0 Å². The molecule has 0 N–H and O–H groups in total. The van der Waals surface area contributed by atoms with Gasteiger partial charge in [-0.05, 0) is 75.0 Å². The number of esters is 1. The Hall–Kier alpha value is -1.57. The maximum absolute atomic E-state index is 12.0. The number of hydrogen-bond donors (Lipinski definition) is 0. The standard InChI is InChI=1S/C38H68O2/c1-7-8-9-10-11-12-13-14-15-16-17-18-19-20-21-31-38(39)40-33-32-37(6)30-24-29-36(5)28-23-27-35(4)26-22-25-34(2)3/h8-9,11-12,15-16,19-20,34-37H,7,10,13-14,17-18,21-33H2,1-6H3. The molecule has 0 aromatic heterocycles. The quantitative estimate of drug-likeness (QED) is 0.0571. The van der Waals surface area contributed by atoms with E-state index < -0.39 is 0 Å². The van der Waals surface area contributed by atoms with E-state index in [0.29, 0.717) is 18.9 Å². The van der Waals surface area contributed by atoms with Crippen LogP contribution in [-0.2, 0) is 9.53 Å². The van der Waals surface area contributed by atoms with E-state index in [1.807, 2.05) is 0 Å². The van der Waals surface area contributed by atoms with Crippen molar-refractivity contribution in [3.8, 4) is 0 Å². The summed E-state index contributed by atoms with van der Waals surface area (Å²) in [5, 5.41) is 0. The van der Waals surface area contributed by atoms with E-state index in [2.05, 4.69) is 90.2 Å². The van der Waals surface area contributed by atoms with E-state index >= 15 is 0 Å². The molecule has 0 saturated carbocycles. The number of ether oxygens (including phenoxy) is 1. The Morgan fingerprint density at radius 3 is 1.48 bits per heavy atom. The molecule has 0 saturated heterocycles. The van der Waals surface area contributed by atoms with Crippen LogP contribution in [0.2, 0.25) is 0 Å². The van der Waals surface area contributed by atoms with Crippen molar-refractivity contribution < 1.29 is 9.53 Å². The number of carbonyl (C=O) groups excluding carboxylic acids is 1. The molecule has 0 radical (unpaired) electrons. The molecular formula is C38H68O2. The summed E-state index contributed by atoms with van der Waals surface area (Å²) in [7, 11) is 0. The number of unbranched alkanes of at least 4 members (excludes halogenated alkanes) is 2. The first-order valence-electron chi connectivity index (χ1n) is 17.1. The number of hydrogen-bond acceptors (Lipinski definition) is 2. The Labute approximate surface area is 251 Å². The third kappa shape index (κ3) is 29.4. The maximum atomic E-state index is 12.0. The predicted molar refractivity (Wildman–Crippen MR) is 179 cm³/mol. The lowest BCUT2D eigenvalue weighted by molar-refractivity contribution is -0.143. The van der Waals surface area contributed by atoms with Gasteiger partial charge in [0.2, 0.25) is 0 Å². The minimum Gasteiger partial charge on any atom is -0.466 e. The molecule has 0 aliphatic heterocycles. The molecule has 0 rings (SSSR count). The second kappa shape index (κ2) is 28.9. The Balaban J connectivity index is 3.62. The number of rotatable bonds is 27. The fraction of sp³-hybridized carbons (Fsp3) is 0.763. The zero-order valence-corrected chi connectivity index (χ0v) is 27.7. The predicted octanol–water partition coefficient (Wildman–Crippen LogP) is 12.4. The summed E-state index contributed by atoms with van der Waals surface area (Å²) in [6.07, 6.45) is 38.8. The van der Waals surface area contributed by atoms with Crippen molar-refractivity contribution in [2.45, 2.75) is 157 Å². The molecule has 40 heavy (non-hydrogen) atoms. The van der Waals surface area contributed by atoms with Crippen LogP contribution in [0, 0.1) is 23.7 Å². The van der Waals surface area contributed by atoms with Gasteiger partial charge in [0.05, 0.1) is 6.61 Å². The minimum atomic E-state index is -0.0537. The highest BCUT2D eigenvalue weighted by Crippen LogP contribution is 2.22. The lowest BCUT2D eigenvalue weighted by Gasteiger charge is -2.16. The van der Waals surface area contributed by atoms with Crippen LogP contribution in [0.4, 0.5) is 0 Å². The summed E-state index contributed by atoms with van der Waals surface area (Å²) in [6, 6.07) is 0. The van der Waals surface area contributed by atoms with E-state index in [4.69, 9.17) is 4.74 Å². The first kappa shape index (κ1) is 38.4. The SMILES string of the molecule is CCC=CCC=CCCC=CCCC=CCCC(=O)OCCC(C)CCCC(C)CCCC(C)CCCC(C)C. The lowest BCUT2D eigenvalue weighted by Crippen LogP contribution is -2.08. The van der Waals surface area contributed by atoms with Crippen LogP contribution in [0.5, 0.6) is 0 Å². The molecule has 0 heterocycles. The topological polar surface area (TPSA) is 26.3 Å². The average molecular weight is 557 g/mol. The molecule has 0 bridgehead atoms. The summed E-state index contributed by atoms with van der Waals surface area (Å²) >= 11 is 0. The van der Waals surface area contributed by atoms with Gasteiger partial charge < -0.3 is 4.74 Å². The van der Waals surface area contributed by atoms with E-state index in [9.17, 15) is 4.79 Å². The molecule has 0 aromatic rings. The van der Waals surface area contributed by atoms with Gasteiger partial charge >= 0.3 is 5.97 Å². The lowest BCUT2D eigenvalue weighted by atomic mass is 9.91. The van der Waals surface area contributed by atoms with Crippen LogP contribution in [0.3, 0.4) is 0 Å². The molecule has 2 nitrogen and oxygen atoms in total. The highest BCUT2D eigenvalue weighted by Gasteiger charge is 2.09. The van der Waals surface area contributed by atoms with Crippen LogP contribution in [0.25, 0.3) is 0 Å². The second-order valence-corrected chi connectivity index (χ2v) is 12.7. The monoisotopic (exact) mass is 557 g/mol. The van der Waals surface area contributed by atoms with Gasteiger partial charge in [0, 0.05) is 6.42 Å². The molecule has 0 aliphatic rings. The van der Waals surface area contributed by atoms with Crippen molar-refractivity contribution in [3.63, 3.8) is 0 Å². The van der Waals surface area contributed by atoms with Crippen molar-refractivity contribution >= 4 is 5.97 Å². The molecule has 0 spiro atoms. The smallest absolute Gasteiger partial charge is 0.306 e. The molecule has 0 aromatic carbocycles. The van der Waals surface area contributed by atoms with E-state index in [1.165, 1.54) is 57.8 Å². The third-order valence-electron chi connectivity index (χ3n) is 7.83. The van der Waals surface area contributed by atoms with Crippen molar-refractivity contribution in [1.82, 2.24) is 0 Å². The summed E-state index contributed by atoms with van der Waals surface area (Å²) < 4.78 is 5.48. The van der Waals surface area contributed by atoms with E-state index in [0.717, 1.165) is 69.1 Å². The van der Waals surface area contributed by atoms with Gasteiger partial charge in [-0.1, -0.05) is 148 Å². The molecule has 0 amide bonds. The van der Waals surface area contributed by atoms with Crippen LogP contribution < -0.4 is 0 Å². The van der Waals surface area contributed by atoms with Crippen molar-refractivity contribution in [3.05, 3.63) is 48.6 Å². The molecule has 0 fully saturated rings. The van der Waals surface area contributed by atoms with Crippen molar-refractivity contribution in [2.75, 3.05) is 6.61 Å². The molecular weight excluding hydrogens is 488 g/mol. The highest BCUT2D eigenvalue weighted by atomic mass is 16.5. The fourth-order valence-corrected chi connectivity index (χ4v) is 5.00. The van der Waals surface area contributed by atoms with E-state index in [-0.39, 0.29) is 5.97 Å². The zero-order valence-electron chi connectivity index (χ0n) is 27.7. The van der Waals surface area contributed by atoms with Crippen LogP contribution >= 0.6 is 0 Å². The largest absolute Gasteiger partial charge is 0.466 e. The normalized spacial score (nSPS) is 14.8. The molecule has 232 valence electrons. The molecule has 0 aliphatic carbocycles. The van der Waals surface area contributed by atoms with Crippen molar-refractivity contribution in [2.24, 2.45) is 23.7 Å². The first-order chi connectivity index (χ1) is 19.3. The Bertz CT molecular complexity index is 669. The van der Waals surface area contributed by atoms with Gasteiger partial charge in [-0.3, -0.25) is 4.79 Å². The number of carbonyl (C=O) groups is 1. The summed E-state index contributed by atoms with van der Waals surface area (Å²) in [4.78, 5) is 12.0. The van der Waals surface area contributed by atoms with Gasteiger partial charge in [-0.15, -0.1) is 0 Å². The van der Waals surface area contributed by atoms with Crippen molar-refractivity contribution in [1.29, 1.82) is 0 Å².